The first-order valence-corrected chi connectivity index (χ1v) is 8.77. The topological polar surface area (TPSA) is 70.2 Å². The molecule has 0 fully saturated rings. The molecule has 20 heavy (non-hydrogen) atoms. The van der Waals surface area contributed by atoms with Crippen LogP contribution in [0.5, 0.6) is 0 Å². The largest absolute Gasteiger partial charge is 0.356 e. The normalized spacial score (nSPS) is 11.8. The predicted molar refractivity (Wildman–Crippen MR) is 81.5 cm³/mol. The number of nitrogens with one attached hydrogen (secondary N) is 1. The van der Waals surface area contributed by atoms with E-state index in [-0.39, 0.29) is 12.2 Å². The Bertz CT molecular complexity index is 713. The van der Waals surface area contributed by atoms with Crippen molar-refractivity contribution in [2.24, 2.45) is 0 Å². The molecule has 2 rings (SSSR count). The highest BCUT2D eigenvalue weighted by Gasteiger charge is 2.08. The molecule has 0 bridgehead atoms. The molecule has 0 unspecified atom stereocenters. The van der Waals surface area contributed by atoms with Crippen molar-refractivity contribution in [1.29, 1.82) is 0 Å². The second-order valence-electron chi connectivity index (χ2n) is 4.09. The number of aromatic amines is 1. The third kappa shape index (κ3) is 4.71. The van der Waals surface area contributed by atoms with E-state index in [1.54, 1.807) is 18.3 Å². The van der Waals surface area contributed by atoms with Crippen LogP contribution in [-0.4, -0.2) is 23.7 Å². The van der Waals surface area contributed by atoms with Crippen LogP contribution in [0.25, 0.3) is 0 Å². The number of rotatable bonds is 5. The minimum absolute atomic E-state index is 0.261. The van der Waals surface area contributed by atoms with Gasteiger partial charge >= 0.3 is 0 Å². The standard InChI is InChI=1S/C12H11Cl2NO3S2/c13-10-2-1-9(6-11(10)14)19-12-5-8(7-15-12)3-4-20(16,17)18/h1-2,5-7,15H,3-4H2,(H,16,17,18). The average Bonchev–Trinajstić information content (AvgIpc) is 2.78. The molecule has 1 aromatic carbocycles. The molecule has 1 heterocycles. The zero-order valence-electron chi connectivity index (χ0n) is 10.1. The number of halogens is 2. The molecular formula is C12H11Cl2NO3S2. The van der Waals surface area contributed by atoms with Crippen LogP contribution >= 0.6 is 35.0 Å². The van der Waals surface area contributed by atoms with Crippen molar-refractivity contribution in [3.05, 3.63) is 46.1 Å². The minimum atomic E-state index is -3.94. The van der Waals surface area contributed by atoms with Crippen molar-refractivity contribution in [1.82, 2.24) is 4.98 Å². The minimum Gasteiger partial charge on any atom is -0.356 e. The fourth-order valence-corrected chi connectivity index (χ4v) is 3.28. The van der Waals surface area contributed by atoms with Crippen molar-refractivity contribution in [2.45, 2.75) is 16.3 Å². The molecule has 2 aromatic rings. The lowest BCUT2D eigenvalue weighted by atomic mass is 10.3. The molecule has 1 aromatic heterocycles. The van der Waals surface area contributed by atoms with E-state index in [2.05, 4.69) is 4.98 Å². The fraction of sp³-hybridized carbons (Fsp3) is 0.167. The summed E-state index contributed by atoms with van der Waals surface area (Å²) in [6.07, 6.45) is 1.97. The smallest absolute Gasteiger partial charge is 0.265 e. The maximum Gasteiger partial charge on any atom is 0.265 e. The van der Waals surface area contributed by atoms with Gasteiger partial charge in [0.25, 0.3) is 10.1 Å². The lowest BCUT2D eigenvalue weighted by Crippen LogP contribution is -2.05. The van der Waals surface area contributed by atoms with Crippen molar-refractivity contribution in [3.8, 4) is 0 Å². The van der Waals surface area contributed by atoms with Gasteiger partial charge in [-0.25, -0.2) is 0 Å². The van der Waals surface area contributed by atoms with Crippen LogP contribution in [0, 0.1) is 0 Å². The lowest BCUT2D eigenvalue weighted by Gasteiger charge is -2.01. The van der Waals surface area contributed by atoms with Crippen LogP contribution < -0.4 is 0 Å². The Morgan fingerprint density at radius 1 is 1.20 bits per heavy atom. The highest BCUT2D eigenvalue weighted by molar-refractivity contribution is 7.99. The Labute approximate surface area is 131 Å². The molecule has 0 amide bonds. The van der Waals surface area contributed by atoms with Crippen molar-refractivity contribution < 1.29 is 13.0 Å². The van der Waals surface area contributed by atoms with E-state index < -0.39 is 10.1 Å². The van der Waals surface area contributed by atoms with Crippen LogP contribution in [0.1, 0.15) is 5.56 Å². The summed E-state index contributed by atoms with van der Waals surface area (Å²) in [4.78, 5) is 3.95. The zero-order chi connectivity index (χ0) is 14.8. The number of aryl methyl sites for hydroxylation is 1. The van der Waals surface area contributed by atoms with Gasteiger partial charge in [0.2, 0.25) is 0 Å². The molecule has 2 N–H and O–H groups in total. The monoisotopic (exact) mass is 351 g/mol. The fourth-order valence-electron chi connectivity index (χ4n) is 1.53. The summed E-state index contributed by atoms with van der Waals surface area (Å²) in [5, 5.41) is 1.83. The van der Waals surface area contributed by atoms with Gasteiger partial charge in [-0.15, -0.1) is 0 Å². The van der Waals surface area contributed by atoms with Gasteiger partial charge in [-0.2, -0.15) is 8.42 Å². The van der Waals surface area contributed by atoms with E-state index >= 15 is 0 Å². The molecule has 0 spiro atoms. The van der Waals surface area contributed by atoms with Gasteiger partial charge in [-0.05, 0) is 36.2 Å². The Balaban J connectivity index is 2.04. The third-order valence-corrected chi connectivity index (χ3v) is 4.89. The van der Waals surface area contributed by atoms with Gasteiger partial charge in [-0.1, -0.05) is 35.0 Å². The first kappa shape index (κ1) is 15.7. The van der Waals surface area contributed by atoms with E-state index in [1.165, 1.54) is 11.8 Å². The molecular weight excluding hydrogens is 341 g/mol. The van der Waals surface area contributed by atoms with E-state index in [0.717, 1.165) is 15.5 Å². The number of hydrogen-bond donors (Lipinski definition) is 2. The molecule has 0 aliphatic carbocycles. The SMILES string of the molecule is O=S(=O)(O)CCc1c[nH]c(Sc2ccc(Cl)c(Cl)c2)c1. The second-order valence-corrected chi connectivity index (χ2v) is 7.59. The number of H-pyrrole nitrogens is 1. The van der Waals surface area contributed by atoms with E-state index in [4.69, 9.17) is 27.8 Å². The van der Waals surface area contributed by atoms with Gasteiger partial charge in [0.05, 0.1) is 20.8 Å². The highest BCUT2D eigenvalue weighted by Crippen LogP contribution is 2.32. The first-order valence-electron chi connectivity index (χ1n) is 5.59. The quantitative estimate of drug-likeness (QED) is 0.801. The van der Waals surface area contributed by atoms with Crippen molar-refractivity contribution in [2.75, 3.05) is 5.75 Å². The molecule has 0 saturated carbocycles. The maximum absolute atomic E-state index is 10.7. The molecule has 0 aliphatic rings. The summed E-state index contributed by atoms with van der Waals surface area (Å²) in [5.41, 5.74) is 0.810. The molecule has 8 heteroatoms. The van der Waals surface area contributed by atoms with E-state index in [0.29, 0.717) is 10.0 Å². The molecule has 4 nitrogen and oxygen atoms in total. The second kappa shape index (κ2) is 6.41. The van der Waals surface area contributed by atoms with Gasteiger partial charge < -0.3 is 4.98 Å². The highest BCUT2D eigenvalue weighted by atomic mass is 35.5. The Hall–Kier alpha value is -0.660. The summed E-state index contributed by atoms with van der Waals surface area (Å²) < 4.78 is 30.1. The number of hydrogen-bond acceptors (Lipinski definition) is 3. The summed E-state index contributed by atoms with van der Waals surface area (Å²) >= 11 is 13.2. The van der Waals surface area contributed by atoms with Gasteiger partial charge in [0.1, 0.15) is 0 Å². The molecule has 0 radical (unpaired) electrons. The molecule has 0 saturated heterocycles. The van der Waals surface area contributed by atoms with Gasteiger partial charge in [0, 0.05) is 11.1 Å². The number of aromatic nitrogens is 1. The van der Waals surface area contributed by atoms with Crippen molar-refractivity contribution in [3.63, 3.8) is 0 Å². The molecule has 0 atom stereocenters. The number of benzene rings is 1. The lowest BCUT2D eigenvalue weighted by molar-refractivity contribution is 0.482. The summed E-state index contributed by atoms with van der Waals surface area (Å²) in [5.74, 6) is -0.290. The molecule has 108 valence electrons. The maximum atomic E-state index is 10.7. The van der Waals surface area contributed by atoms with Crippen LogP contribution in [0.3, 0.4) is 0 Å². The van der Waals surface area contributed by atoms with E-state index in [9.17, 15) is 8.42 Å². The Morgan fingerprint density at radius 2 is 1.95 bits per heavy atom. The summed E-state index contributed by atoms with van der Waals surface area (Å²) in [7, 11) is -3.94. The average molecular weight is 352 g/mol. The Morgan fingerprint density at radius 3 is 2.60 bits per heavy atom. The summed E-state index contributed by atoms with van der Waals surface area (Å²) in [6, 6.07) is 7.15. The van der Waals surface area contributed by atoms with Crippen LogP contribution in [-0.2, 0) is 16.5 Å². The first-order chi connectivity index (χ1) is 9.33. The molecule has 0 aliphatic heterocycles. The van der Waals surface area contributed by atoms with Crippen LogP contribution in [0.15, 0.2) is 40.4 Å². The van der Waals surface area contributed by atoms with Crippen molar-refractivity contribution >= 4 is 45.1 Å². The Kier molecular flexibility index (Phi) is 5.04. The van der Waals surface area contributed by atoms with Crippen LogP contribution in [0.2, 0.25) is 10.0 Å². The van der Waals surface area contributed by atoms with E-state index in [1.807, 2.05) is 12.1 Å². The van der Waals surface area contributed by atoms with Crippen LogP contribution in [0.4, 0.5) is 0 Å². The summed E-state index contributed by atoms with van der Waals surface area (Å²) in [6.45, 7) is 0. The zero-order valence-corrected chi connectivity index (χ0v) is 13.3. The predicted octanol–water partition coefficient (Wildman–Crippen LogP) is 3.90. The van der Waals surface area contributed by atoms with Gasteiger partial charge in [-0.3, -0.25) is 4.55 Å². The third-order valence-electron chi connectivity index (χ3n) is 2.48. The van der Waals surface area contributed by atoms with Gasteiger partial charge in [0.15, 0.2) is 0 Å².